The number of allylic oxidation sites excluding steroid dienone is 3. The average molecular weight is 617 g/mol. The van der Waals surface area contributed by atoms with Crippen LogP contribution in [0.5, 0.6) is 0 Å². The molecule has 0 aliphatic heterocycles. The lowest BCUT2D eigenvalue weighted by molar-refractivity contribution is -0.870. The van der Waals surface area contributed by atoms with Crippen molar-refractivity contribution in [3.05, 3.63) is 24.3 Å². The fraction of sp³-hybridized carbons (Fsp3) is 0.848. The minimum atomic E-state index is -4.55. The van der Waals surface area contributed by atoms with Crippen LogP contribution in [0.1, 0.15) is 129 Å². The van der Waals surface area contributed by atoms with E-state index in [2.05, 4.69) is 24.4 Å². The van der Waals surface area contributed by atoms with Gasteiger partial charge in [0, 0.05) is 6.42 Å². The number of unbranched alkanes of at least 4 members (excludes halogenated alkanes) is 15. The Morgan fingerprint density at radius 1 is 0.810 bits per heavy atom. The number of rotatable bonds is 29. The molecular formula is C33H65N2O6P. The summed E-state index contributed by atoms with van der Waals surface area (Å²) in [5.41, 5.74) is 0. The van der Waals surface area contributed by atoms with E-state index in [1.54, 1.807) is 13.0 Å². The Morgan fingerprint density at radius 3 is 1.83 bits per heavy atom. The lowest BCUT2D eigenvalue weighted by atomic mass is 10.0. The van der Waals surface area contributed by atoms with Crippen LogP contribution < -0.4 is 10.2 Å². The number of hydrogen-bond donors (Lipinski definition) is 2. The van der Waals surface area contributed by atoms with E-state index in [0.717, 1.165) is 19.3 Å². The van der Waals surface area contributed by atoms with Crippen molar-refractivity contribution in [3.63, 3.8) is 0 Å². The van der Waals surface area contributed by atoms with Crippen molar-refractivity contribution in [2.45, 2.75) is 142 Å². The van der Waals surface area contributed by atoms with Gasteiger partial charge in [-0.05, 0) is 25.7 Å². The predicted octanol–water partition coefficient (Wildman–Crippen LogP) is 7.21. The third-order valence-electron chi connectivity index (χ3n) is 7.23. The third-order valence-corrected chi connectivity index (χ3v) is 8.19. The first-order valence-corrected chi connectivity index (χ1v) is 18.2. The lowest BCUT2D eigenvalue weighted by Crippen LogP contribution is -2.45. The molecule has 0 heterocycles. The number of hydrogen-bond acceptors (Lipinski definition) is 6. The maximum atomic E-state index is 12.1. The van der Waals surface area contributed by atoms with Crippen LogP contribution in [-0.2, 0) is 18.4 Å². The molecule has 0 bridgehead atoms. The van der Waals surface area contributed by atoms with Crippen molar-refractivity contribution < 1.29 is 32.9 Å². The number of aliphatic hydroxyl groups is 1. The third kappa shape index (κ3) is 27.8. The molecule has 248 valence electrons. The molecule has 0 aliphatic carbocycles. The molecule has 0 aliphatic rings. The molecule has 3 atom stereocenters. The summed E-state index contributed by atoms with van der Waals surface area (Å²) in [5.74, 6) is -0.297. The Kier molecular flexibility index (Phi) is 25.7. The second kappa shape index (κ2) is 26.4. The molecule has 0 spiro atoms. The van der Waals surface area contributed by atoms with Crippen molar-refractivity contribution >= 4 is 13.7 Å². The van der Waals surface area contributed by atoms with Gasteiger partial charge in [-0.2, -0.15) is 0 Å². The second-order valence-corrected chi connectivity index (χ2v) is 13.9. The fourth-order valence-corrected chi connectivity index (χ4v) is 5.15. The number of carbonyl (C=O) groups is 1. The van der Waals surface area contributed by atoms with Crippen LogP contribution >= 0.6 is 7.82 Å². The molecule has 0 saturated heterocycles. The van der Waals surface area contributed by atoms with E-state index in [-0.39, 0.29) is 18.9 Å². The summed E-state index contributed by atoms with van der Waals surface area (Å²) in [5, 5.41) is 13.2. The van der Waals surface area contributed by atoms with Crippen molar-refractivity contribution in [2.75, 3.05) is 40.9 Å². The van der Waals surface area contributed by atoms with Crippen molar-refractivity contribution in [1.29, 1.82) is 0 Å². The smallest absolute Gasteiger partial charge is 0.268 e. The molecule has 0 aromatic rings. The van der Waals surface area contributed by atoms with Gasteiger partial charge in [-0.15, -0.1) is 0 Å². The highest BCUT2D eigenvalue weighted by Gasteiger charge is 2.22. The highest BCUT2D eigenvalue weighted by atomic mass is 31.2. The van der Waals surface area contributed by atoms with Gasteiger partial charge in [0.25, 0.3) is 7.82 Å². The summed E-state index contributed by atoms with van der Waals surface area (Å²) < 4.78 is 22.5. The van der Waals surface area contributed by atoms with Gasteiger partial charge < -0.3 is 28.8 Å². The van der Waals surface area contributed by atoms with Gasteiger partial charge in [0.2, 0.25) is 5.91 Å². The number of carbonyl (C=O) groups excluding carboxylic acids is 1. The predicted molar refractivity (Wildman–Crippen MR) is 173 cm³/mol. The fourth-order valence-electron chi connectivity index (χ4n) is 4.42. The molecule has 0 fully saturated rings. The number of phosphoric acid groups is 1. The first-order chi connectivity index (χ1) is 20.0. The maximum absolute atomic E-state index is 12.1. The van der Waals surface area contributed by atoms with E-state index in [0.29, 0.717) is 11.0 Å². The molecule has 8 nitrogen and oxygen atoms in total. The highest BCUT2D eigenvalue weighted by molar-refractivity contribution is 7.45. The van der Waals surface area contributed by atoms with E-state index in [1.807, 2.05) is 27.2 Å². The van der Waals surface area contributed by atoms with Gasteiger partial charge in [0.15, 0.2) is 0 Å². The second-order valence-electron chi connectivity index (χ2n) is 12.5. The summed E-state index contributed by atoms with van der Waals surface area (Å²) >= 11 is 0. The van der Waals surface area contributed by atoms with Crippen molar-refractivity contribution in [1.82, 2.24) is 5.32 Å². The van der Waals surface area contributed by atoms with Crippen LogP contribution in [0.15, 0.2) is 24.3 Å². The molecule has 0 aromatic heterocycles. The summed E-state index contributed by atoms with van der Waals surface area (Å²) in [6.45, 7) is 4.04. The number of nitrogens with zero attached hydrogens (tertiary/aromatic N) is 1. The van der Waals surface area contributed by atoms with Gasteiger partial charge in [-0.25, -0.2) is 0 Å². The molecule has 2 N–H and O–H groups in total. The van der Waals surface area contributed by atoms with Gasteiger partial charge in [-0.3, -0.25) is 9.36 Å². The molecule has 0 saturated carbocycles. The molecular weight excluding hydrogens is 551 g/mol. The standard InChI is InChI=1S/C33H65N2O6P/c1-6-8-9-10-11-12-13-14-15-16-17-18-19-20-21-22-23-24-25-26-27-32(36)31(34-33(37)7-2)30-41-42(38,39)40-29-28-35(3,4)5/h22-23,26-27,31-32,36H,6-21,24-25,28-30H2,1-5H3,(H-,34,37,38,39)/b23-22+,27-26+. The summed E-state index contributed by atoms with van der Waals surface area (Å²) in [6.07, 6.45) is 28.8. The van der Waals surface area contributed by atoms with Crippen LogP contribution in [0.3, 0.4) is 0 Å². The first-order valence-electron chi connectivity index (χ1n) is 16.7. The topological polar surface area (TPSA) is 108 Å². The van der Waals surface area contributed by atoms with Gasteiger partial charge in [-0.1, -0.05) is 122 Å². The first kappa shape index (κ1) is 41.0. The Hall–Kier alpha value is -1.02. The molecule has 3 unspecified atom stereocenters. The van der Waals surface area contributed by atoms with Crippen LogP contribution in [0.25, 0.3) is 0 Å². The van der Waals surface area contributed by atoms with Gasteiger partial charge >= 0.3 is 0 Å². The van der Waals surface area contributed by atoms with E-state index in [4.69, 9.17) is 9.05 Å². The van der Waals surface area contributed by atoms with Crippen molar-refractivity contribution in [2.24, 2.45) is 0 Å². The van der Waals surface area contributed by atoms with E-state index in [9.17, 15) is 19.4 Å². The summed E-state index contributed by atoms with van der Waals surface area (Å²) in [4.78, 5) is 24.0. The zero-order chi connectivity index (χ0) is 31.5. The number of nitrogens with one attached hydrogen (secondary N) is 1. The quantitative estimate of drug-likeness (QED) is 0.0398. The Balaban J connectivity index is 4.05. The molecule has 0 radical (unpaired) electrons. The Labute approximate surface area is 258 Å². The SMILES string of the molecule is CCCCCCCCCCCCCCCC/C=C/CC/C=C/C(O)C(COP(=O)([O-])OCC[N+](C)(C)C)NC(=O)CC. The average Bonchev–Trinajstić information content (AvgIpc) is 2.93. The summed E-state index contributed by atoms with van der Waals surface area (Å²) in [6, 6.07) is -0.895. The minimum Gasteiger partial charge on any atom is -0.756 e. The Bertz CT molecular complexity index is 753. The van der Waals surface area contributed by atoms with Crippen LogP contribution in [-0.4, -0.2) is 68.5 Å². The monoisotopic (exact) mass is 616 g/mol. The zero-order valence-electron chi connectivity index (χ0n) is 27.7. The molecule has 0 aromatic carbocycles. The minimum absolute atomic E-state index is 0.00830. The molecule has 0 rings (SSSR count). The van der Waals surface area contributed by atoms with Crippen molar-refractivity contribution in [3.8, 4) is 0 Å². The molecule has 1 amide bonds. The van der Waals surface area contributed by atoms with Crippen LogP contribution in [0.2, 0.25) is 0 Å². The highest BCUT2D eigenvalue weighted by Crippen LogP contribution is 2.38. The van der Waals surface area contributed by atoms with E-state index >= 15 is 0 Å². The van der Waals surface area contributed by atoms with Gasteiger partial charge in [0.1, 0.15) is 13.2 Å². The maximum Gasteiger partial charge on any atom is 0.268 e. The molecule has 42 heavy (non-hydrogen) atoms. The number of aliphatic hydroxyl groups excluding tert-OH is 1. The lowest BCUT2D eigenvalue weighted by Gasteiger charge is -2.29. The summed E-state index contributed by atoms with van der Waals surface area (Å²) in [7, 11) is 1.23. The van der Waals surface area contributed by atoms with Crippen LogP contribution in [0, 0.1) is 0 Å². The van der Waals surface area contributed by atoms with Gasteiger partial charge in [0.05, 0.1) is 39.9 Å². The largest absolute Gasteiger partial charge is 0.756 e. The number of amides is 1. The molecule has 9 heteroatoms. The van der Waals surface area contributed by atoms with E-state index < -0.39 is 26.6 Å². The number of phosphoric ester groups is 1. The van der Waals surface area contributed by atoms with E-state index in [1.165, 1.54) is 89.9 Å². The number of likely N-dealkylation sites (N-methyl/N-ethyl adjacent to an activating group) is 1. The number of quaternary nitrogens is 1. The normalized spacial score (nSPS) is 15.3. The Morgan fingerprint density at radius 2 is 1.31 bits per heavy atom. The van der Waals surface area contributed by atoms with Crippen LogP contribution in [0.4, 0.5) is 0 Å². The zero-order valence-corrected chi connectivity index (χ0v) is 28.6.